The summed E-state index contributed by atoms with van der Waals surface area (Å²) in [5.74, 6) is 0.350. The number of phenolic OH excluding ortho intramolecular Hbond substituents is 1. The minimum atomic E-state index is 0. The summed E-state index contributed by atoms with van der Waals surface area (Å²) in [7, 11) is 0. The molecule has 1 aromatic carbocycles. The minimum Gasteiger partial charge on any atom is -0.508 e. The molecule has 0 amide bonds. The average molecular weight is 338 g/mol. The van der Waals surface area contributed by atoms with Gasteiger partial charge in [0.15, 0.2) is 0 Å². The summed E-state index contributed by atoms with van der Waals surface area (Å²) in [6.07, 6.45) is 7.46. The summed E-state index contributed by atoms with van der Waals surface area (Å²) in [6, 6.07) is 7.61. The molecule has 1 aromatic rings. The smallest absolute Gasteiger partial charge is 0.115 e. The fourth-order valence-corrected chi connectivity index (χ4v) is 2.08. The van der Waals surface area contributed by atoms with Gasteiger partial charge in [0.05, 0.1) is 0 Å². The first kappa shape index (κ1) is 22.8. The summed E-state index contributed by atoms with van der Waals surface area (Å²) in [5.41, 5.74) is 6.68. The molecule has 0 aliphatic carbocycles. The molecule has 0 fully saturated rings. The molecule has 3 heteroatoms. The van der Waals surface area contributed by atoms with Gasteiger partial charge in [0.25, 0.3) is 0 Å². The van der Waals surface area contributed by atoms with Gasteiger partial charge < -0.3 is 10.8 Å². The van der Waals surface area contributed by atoms with E-state index >= 15 is 0 Å². The van der Waals surface area contributed by atoms with Gasteiger partial charge in [0, 0.05) is 16.5 Å². The van der Waals surface area contributed by atoms with Crippen LogP contribution in [0.1, 0.15) is 71.8 Å². The Balaban J connectivity index is 0. The van der Waals surface area contributed by atoms with Crippen LogP contribution in [0.2, 0.25) is 0 Å². The molecule has 0 unspecified atom stereocenters. The van der Waals surface area contributed by atoms with Gasteiger partial charge in [0.2, 0.25) is 0 Å². The molecule has 0 saturated heterocycles. The Labute approximate surface area is 141 Å². The predicted molar refractivity (Wildman–Crippen MR) is 89.2 cm³/mol. The van der Waals surface area contributed by atoms with E-state index in [1.165, 1.54) is 44.1 Å². The first-order valence-electron chi connectivity index (χ1n) is 7.97. The van der Waals surface area contributed by atoms with Crippen molar-refractivity contribution in [3.8, 4) is 5.75 Å². The SMILES string of the molecule is CCCCCC(C)(C)c1ccc(O)cc1.CCCCN.[Ni]. The van der Waals surface area contributed by atoms with Crippen LogP contribution in [0.15, 0.2) is 24.3 Å². The average Bonchev–Trinajstić information content (AvgIpc) is 2.41. The van der Waals surface area contributed by atoms with Crippen LogP contribution in [0, 0.1) is 0 Å². The molecule has 0 atom stereocenters. The summed E-state index contributed by atoms with van der Waals surface area (Å²) in [4.78, 5) is 0. The molecule has 21 heavy (non-hydrogen) atoms. The van der Waals surface area contributed by atoms with Crippen molar-refractivity contribution in [3.63, 3.8) is 0 Å². The maximum atomic E-state index is 9.24. The van der Waals surface area contributed by atoms with E-state index in [1.54, 1.807) is 12.1 Å². The van der Waals surface area contributed by atoms with Crippen molar-refractivity contribution >= 4 is 0 Å². The zero-order valence-corrected chi connectivity index (χ0v) is 15.1. The van der Waals surface area contributed by atoms with Gasteiger partial charge in [-0.05, 0) is 42.5 Å². The van der Waals surface area contributed by atoms with Gasteiger partial charge in [-0.2, -0.15) is 0 Å². The number of unbranched alkanes of at least 4 members (excludes halogenated alkanes) is 3. The molecule has 2 nitrogen and oxygen atoms in total. The molecule has 0 spiro atoms. The molecule has 126 valence electrons. The maximum absolute atomic E-state index is 9.24. The molecule has 1 rings (SSSR count). The Morgan fingerprint density at radius 1 is 0.952 bits per heavy atom. The Morgan fingerprint density at radius 2 is 1.48 bits per heavy atom. The van der Waals surface area contributed by atoms with E-state index in [1.807, 2.05) is 12.1 Å². The first-order chi connectivity index (χ1) is 9.47. The number of phenols is 1. The van der Waals surface area contributed by atoms with Gasteiger partial charge in [-0.25, -0.2) is 0 Å². The van der Waals surface area contributed by atoms with E-state index in [4.69, 9.17) is 5.73 Å². The van der Waals surface area contributed by atoms with Crippen molar-refractivity contribution in [2.75, 3.05) is 6.54 Å². The number of nitrogens with two attached hydrogens (primary N) is 1. The van der Waals surface area contributed by atoms with Crippen LogP contribution in [-0.2, 0) is 21.9 Å². The minimum absolute atomic E-state index is 0. The third kappa shape index (κ3) is 10.8. The van der Waals surface area contributed by atoms with Crippen LogP contribution in [0.3, 0.4) is 0 Å². The molecule has 0 saturated carbocycles. The Bertz CT molecular complexity index is 334. The largest absolute Gasteiger partial charge is 0.508 e. The van der Waals surface area contributed by atoms with Crippen LogP contribution in [-0.4, -0.2) is 11.7 Å². The summed E-state index contributed by atoms with van der Waals surface area (Å²) in [6.45, 7) is 9.75. The quantitative estimate of drug-likeness (QED) is 0.543. The van der Waals surface area contributed by atoms with Crippen LogP contribution < -0.4 is 5.73 Å². The fourth-order valence-electron chi connectivity index (χ4n) is 2.08. The van der Waals surface area contributed by atoms with Gasteiger partial charge >= 0.3 is 0 Å². The molecule has 0 heterocycles. The molecule has 0 bridgehead atoms. The fraction of sp³-hybridized carbons (Fsp3) is 0.667. The van der Waals surface area contributed by atoms with Crippen molar-refractivity contribution in [3.05, 3.63) is 29.8 Å². The molecule has 0 aliphatic rings. The van der Waals surface area contributed by atoms with Crippen molar-refractivity contribution < 1.29 is 21.6 Å². The van der Waals surface area contributed by atoms with E-state index in [2.05, 4.69) is 27.7 Å². The summed E-state index contributed by atoms with van der Waals surface area (Å²) in [5, 5.41) is 9.24. The number of rotatable bonds is 7. The van der Waals surface area contributed by atoms with Crippen LogP contribution >= 0.6 is 0 Å². The molecule has 0 aromatic heterocycles. The van der Waals surface area contributed by atoms with Crippen LogP contribution in [0.25, 0.3) is 0 Å². The number of hydrogen-bond acceptors (Lipinski definition) is 2. The molecule has 0 radical (unpaired) electrons. The van der Waals surface area contributed by atoms with E-state index < -0.39 is 0 Å². The number of hydrogen-bond donors (Lipinski definition) is 2. The second-order valence-electron chi connectivity index (χ2n) is 6.03. The monoisotopic (exact) mass is 337 g/mol. The third-order valence-corrected chi connectivity index (χ3v) is 3.61. The second-order valence-corrected chi connectivity index (χ2v) is 6.03. The van der Waals surface area contributed by atoms with Crippen molar-refractivity contribution in [2.45, 2.75) is 71.6 Å². The number of benzene rings is 1. The van der Waals surface area contributed by atoms with E-state index in [0.29, 0.717) is 5.75 Å². The maximum Gasteiger partial charge on any atom is 0.115 e. The predicted octanol–water partition coefficient (Wildman–Crippen LogP) is 4.99. The zero-order valence-electron chi connectivity index (χ0n) is 14.1. The van der Waals surface area contributed by atoms with Gasteiger partial charge in [-0.15, -0.1) is 0 Å². The Hall–Kier alpha value is -0.526. The molecular formula is C18H33NNiO. The van der Waals surface area contributed by atoms with E-state index in [9.17, 15) is 5.11 Å². The zero-order chi connectivity index (χ0) is 15.4. The normalized spacial score (nSPS) is 10.3. The van der Waals surface area contributed by atoms with Crippen molar-refractivity contribution in [2.24, 2.45) is 5.73 Å². The summed E-state index contributed by atoms with van der Waals surface area (Å²) >= 11 is 0. The van der Waals surface area contributed by atoms with E-state index in [-0.39, 0.29) is 21.9 Å². The molecule has 3 N–H and O–H groups in total. The van der Waals surface area contributed by atoms with Crippen LogP contribution in [0.4, 0.5) is 0 Å². The standard InChI is InChI=1S/C14H22O.C4H11N.Ni/c1-4-5-6-11-14(2,3)12-7-9-13(15)10-8-12;1-2-3-4-5;/h7-10,15H,4-6,11H2,1-3H3;2-5H2,1H3;. The van der Waals surface area contributed by atoms with Gasteiger partial charge in [0.1, 0.15) is 5.75 Å². The third-order valence-electron chi connectivity index (χ3n) is 3.61. The van der Waals surface area contributed by atoms with Crippen molar-refractivity contribution in [1.29, 1.82) is 0 Å². The number of aromatic hydroxyl groups is 1. The topological polar surface area (TPSA) is 46.2 Å². The van der Waals surface area contributed by atoms with Gasteiger partial charge in [-0.3, -0.25) is 0 Å². The van der Waals surface area contributed by atoms with Crippen LogP contribution in [0.5, 0.6) is 5.75 Å². The Kier molecular flexibility index (Phi) is 14.3. The van der Waals surface area contributed by atoms with E-state index in [0.717, 1.165) is 6.54 Å². The molecule has 0 aliphatic heterocycles. The second kappa shape index (κ2) is 13.2. The Morgan fingerprint density at radius 3 is 1.86 bits per heavy atom. The molecular weight excluding hydrogens is 305 g/mol. The van der Waals surface area contributed by atoms with Gasteiger partial charge in [-0.1, -0.05) is 65.5 Å². The summed E-state index contributed by atoms with van der Waals surface area (Å²) < 4.78 is 0. The van der Waals surface area contributed by atoms with Crippen molar-refractivity contribution in [1.82, 2.24) is 0 Å². The first-order valence-corrected chi connectivity index (χ1v) is 7.97.